The molecule has 31 heavy (non-hydrogen) atoms. The lowest BCUT2D eigenvalue weighted by molar-refractivity contribution is -0.125. The molecule has 1 aromatic heterocycles. The summed E-state index contributed by atoms with van der Waals surface area (Å²) in [6.45, 7) is 6.15. The number of benzene rings is 2. The highest BCUT2D eigenvalue weighted by molar-refractivity contribution is 7.13. The van der Waals surface area contributed by atoms with Crippen LogP contribution in [0.2, 0.25) is 0 Å². The van der Waals surface area contributed by atoms with Gasteiger partial charge in [-0.05, 0) is 48.5 Å². The van der Waals surface area contributed by atoms with Gasteiger partial charge in [-0.2, -0.15) is 0 Å². The van der Waals surface area contributed by atoms with E-state index in [0.717, 1.165) is 27.9 Å². The maximum atomic E-state index is 13.2. The van der Waals surface area contributed by atoms with Crippen molar-refractivity contribution >= 4 is 39.4 Å². The van der Waals surface area contributed by atoms with Crippen LogP contribution in [0.25, 0.3) is 0 Å². The number of hydrogen-bond acceptors (Lipinski definition) is 5. The summed E-state index contributed by atoms with van der Waals surface area (Å²) < 4.78 is 13.2. The first-order valence-corrected chi connectivity index (χ1v) is 11.0. The van der Waals surface area contributed by atoms with Gasteiger partial charge in [0.05, 0.1) is 12.2 Å². The fourth-order valence-corrected chi connectivity index (χ4v) is 3.88. The topological polar surface area (TPSA) is 39.7 Å². The number of halogens is 1. The molecule has 0 bridgehead atoms. The van der Waals surface area contributed by atoms with E-state index in [-0.39, 0.29) is 11.7 Å². The quantitative estimate of drug-likeness (QED) is 0.493. The predicted molar refractivity (Wildman–Crippen MR) is 128 cm³/mol. The number of nitrogens with zero attached hydrogens (tertiary/aromatic N) is 4. The molecule has 0 saturated heterocycles. The Morgan fingerprint density at radius 1 is 0.935 bits per heavy atom. The van der Waals surface area contributed by atoms with Gasteiger partial charge in [-0.25, -0.2) is 9.37 Å². The summed E-state index contributed by atoms with van der Waals surface area (Å²) in [4.78, 5) is 23.7. The molecule has 7 heteroatoms. The molecule has 5 nitrogen and oxygen atoms in total. The molecule has 0 saturated carbocycles. The van der Waals surface area contributed by atoms with Crippen LogP contribution in [-0.4, -0.2) is 32.0 Å². The van der Waals surface area contributed by atoms with Crippen molar-refractivity contribution in [3.05, 3.63) is 65.4 Å². The third-order valence-corrected chi connectivity index (χ3v) is 5.89. The average Bonchev–Trinajstić information content (AvgIpc) is 3.19. The first-order valence-electron chi connectivity index (χ1n) is 10.1. The van der Waals surface area contributed by atoms with Crippen LogP contribution in [0, 0.1) is 11.2 Å². The Morgan fingerprint density at radius 2 is 1.48 bits per heavy atom. The standard InChI is InChI=1S/C24H29FN4OS/c1-24(2,3)22(30)29(21-13-11-19(12-14-21)27(4)5)15-18-16-31-23(26-18)28(6)20-9-7-17(25)8-10-20/h7-14,16H,15H2,1-6H3. The van der Waals surface area contributed by atoms with Crippen molar-refractivity contribution in [2.75, 3.05) is 35.8 Å². The summed E-state index contributed by atoms with van der Waals surface area (Å²) in [7, 11) is 5.87. The minimum absolute atomic E-state index is 0.0338. The van der Waals surface area contributed by atoms with Gasteiger partial charge < -0.3 is 14.7 Å². The zero-order chi connectivity index (χ0) is 22.8. The Bertz CT molecular complexity index is 1020. The lowest BCUT2D eigenvalue weighted by Crippen LogP contribution is -2.39. The predicted octanol–water partition coefficient (Wildman–Crippen LogP) is 5.70. The second-order valence-corrected chi connectivity index (χ2v) is 9.55. The van der Waals surface area contributed by atoms with Crippen LogP contribution in [0.3, 0.4) is 0 Å². The number of carbonyl (C=O) groups is 1. The molecule has 3 rings (SSSR count). The molecule has 0 unspecified atom stereocenters. The van der Waals surface area contributed by atoms with E-state index in [1.54, 1.807) is 17.0 Å². The highest BCUT2D eigenvalue weighted by Gasteiger charge is 2.29. The molecule has 0 fully saturated rings. The second-order valence-electron chi connectivity index (χ2n) is 8.71. The molecular formula is C24H29FN4OS. The third kappa shape index (κ3) is 5.41. The Kier molecular flexibility index (Phi) is 6.65. The Balaban J connectivity index is 1.86. The molecule has 0 N–H and O–H groups in total. The smallest absolute Gasteiger partial charge is 0.232 e. The summed E-state index contributed by atoms with van der Waals surface area (Å²) in [6, 6.07) is 14.3. The van der Waals surface area contributed by atoms with Crippen molar-refractivity contribution in [1.82, 2.24) is 4.98 Å². The molecule has 0 aliphatic carbocycles. The fraction of sp³-hybridized carbons (Fsp3) is 0.333. The van der Waals surface area contributed by atoms with Crippen molar-refractivity contribution in [3.8, 4) is 0 Å². The van der Waals surface area contributed by atoms with Crippen molar-refractivity contribution in [3.63, 3.8) is 0 Å². The summed E-state index contributed by atoms with van der Waals surface area (Å²) in [5, 5.41) is 2.75. The number of thiazole rings is 1. The van der Waals surface area contributed by atoms with Crippen LogP contribution >= 0.6 is 11.3 Å². The van der Waals surface area contributed by atoms with E-state index in [0.29, 0.717) is 6.54 Å². The number of rotatable bonds is 6. The summed E-state index contributed by atoms with van der Waals surface area (Å²) in [6.07, 6.45) is 0. The van der Waals surface area contributed by atoms with Crippen molar-refractivity contribution in [2.45, 2.75) is 27.3 Å². The van der Waals surface area contributed by atoms with Gasteiger partial charge >= 0.3 is 0 Å². The molecule has 0 atom stereocenters. The van der Waals surface area contributed by atoms with E-state index >= 15 is 0 Å². The molecule has 1 heterocycles. The third-order valence-electron chi connectivity index (χ3n) is 4.93. The zero-order valence-corrected chi connectivity index (χ0v) is 19.7. The molecule has 2 aromatic carbocycles. The van der Waals surface area contributed by atoms with Crippen LogP contribution in [0.5, 0.6) is 0 Å². The first kappa shape index (κ1) is 22.7. The van der Waals surface area contributed by atoms with Gasteiger partial charge in [-0.1, -0.05) is 20.8 Å². The maximum Gasteiger partial charge on any atom is 0.232 e. The van der Waals surface area contributed by atoms with Gasteiger partial charge in [0.1, 0.15) is 5.82 Å². The van der Waals surface area contributed by atoms with Crippen LogP contribution < -0.4 is 14.7 Å². The normalized spacial score (nSPS) is 11.3. The molecule has 1 amide bonds. The number of amides is 1. The Hall–Kier alpha value is -2.93. The van der Waals surface area contributed by atoms with Gasteiger partial charge in [-0.3, -0.25) is 4.79 Å². The highest BCUT2D eigenvalue weighted by Crippen LogP contribution is 2.30. The molecule has 0 aliphatic rings. The number of carbonyl (C=O) groups excluding carboxylic acids is 1. The van der Waals surface area contributed by atoms with Crippen molar-refractivity contribution in [2.24, 2.45) is 5.41 Å². The average molecular weight is 441 g/mol. The van der Waals surface area contributed by atoms with E-state index in [2.05, 4.69) is 0 Å². The summed E-state index contributed by atoms with van der Waals surface area (Å²) in [5.41, 5.74) is 3.05. The SMILES string of the molecule is CN(C)c1ccc(N(Cc2csc(N(C)c3ccc(F)cc3)n2)C(=O)C(C)(C)C)cc1. The van der Waals surface area contributed by atoms with E-state index in [1.165, 1.54) is 23.5 Å². The molecule has 0 spiro atoms. The van der Waals surface area contributed by atoms with Crippen LogP contribution in [0.1, 0.15) is 26.5 Å². The first-order chi connectivity index (χ1) is 14.6. The highest BCUT2D eigenvalue weighted by atomic mass is 32.1. The number of aromatic nitrogens is 1. The monoisotopic (exact) mass is 440 g/mol. The van der Waals surface area contributed by atoms with Gasteiger partial charge in [0, 0.05) is 49.0 Å². The number of hydrogen-bond donors (Lipinski definition) is 0. The van der Waals surface area contributed by atoms with Crippen molar-refractivity contribution in [1.29, 1.82) is 0 Å². The van der Waals surface area contributed by atoms with Gasteiger partial charge in [-0.15, -0.1) is 11.3 Å². The van der Waals surface area contributed by atoms with Gasteiger partial charge in [0.15, 0.2) is 5.13 Å². The zero-order valence-electron chi connectivity index (χ0n) is 18.9. The molecule has 164 valence electrons. The van der Waals surface area contributed by atoms with Gasteiger partial charge in [0.25, 0.3) is 0 Å². The van der Waals surface area contributed by atoms with Crippen LogP contribution in [-0.2, 0) is 11.3 Å². The van der Waals surface area contributed by atoms with Crippen LogP contribution in [0.4, 0.5) is 26.6 Å². The Morgan fingerprint density at radius 3 is 2.03 bits per heavy atom. The molecular weight excluding hydrogens is 411 g/mol. The molecule has 3 aromatic rings. The summed E-state index contributed by atoms with van der Waals surface area (Å²) in [5.74, 6) is -0.236. The minimum Gasteiger partial charge on any atom is -0.378 e. The summed E-state index contributed by atoms with van der Waals surface area (Å²) >= 11 is 1.50. The van der Waals surface area contributed by atoms with E-state index in [4.69, 9.17) is 4.98 Å². The largest absolute Gasteiger partial charge is 0.378 e. The lowest BCUT2D eigenvalue weighted by Gasteiger charge is -2.29. The van der Waals surface area contributed by atoms with Crippen molar-refractivity contribution < 1.29 is 9.18 Å². The second kappa shape index (κ2) is 9.06. The van der Waals surface area contributed by atoms with E-state index in [1.807, 2.05) is 81.4 Å². The maximum absolute atomic E-state index is 13.2. The van der Waals surface area contributed by atoms with Crippen LogP contribution in [0.15, 0.2) is 53.9 Å². The lowest BCUT2D eigenvalue weighted by atomic mass is 9.94. The Labute approximate surface area is 187 Å². The minimum atomic E-state index is -0.524. The number of anilines is 4. The molecule has 0 aliphatic heterocycles. The van der Waals surface area contributed by atoms with E-state index < -0.39 is 5.41 Å². The van der Waals surface area contributed by atoms with Gasteiger partial charge in [0.2, 0.25) is 5.91 Å². The fourth-order valence-electron chi connectivity index (χ4n) is 3.08. The van der Waals surface area contributed by atoms with E-state index in [9.17, 15) is 9.18 Å². The molecule has 0 radical (unpaired) electrons.